The predicted molar refractivity (Wildman–Crippen MR) is 108 cm³/mol. The van der Waals surface area contributed by atoms with E-state index in [1.165, 1.54) is 18.2 Å². The van der Waals surface area contributed by atoms with E-state index < -0.39 is 50.6 Å². The first-order valence-corrected chi connectivity index (χ1v) is 12.8. The average Bonchev–Trinajstić information content (AvgIpc) is 2.99. The molecule has 9 nitrogen and oxygen atoms in total. The molecular formula is C20H18O9S2. The highest BCUT2D eigenvalue weighted by Gasteiger charge is 2.45. The number of fused-ring (bicyclic) bond motifs is 4. The molecule has 2 aromatic carbocycles. The Hall–Kier alpha value is -2.44. The Morgan fingerprint density at radius 3 is 2.06 bits per heavy atom. The Balaban J connectivity index is 1.98. The Labute approximate surface area is 178 Å². The molecule has 2 aromatic rings. The van der Waals surface area contributed by atoms with Gasteiger partial charge >= 0.3 is 0 Å². The van der Waals surface area contributed by atoms with Gasteiger partial charge in [0.25, 0.3) is 20.2 Å². The zero-order valence-corrected chi connectivity index (χ0v) is 18.1. The molecule has 0 fully saturated rings. The molecule has 2 atom stereocenters. The van der Waals surface area contributed by atoms with E-state index >= 15 is 0 Å². The van der Waals surface area contributed by atoms with E-state index in [1.807, 2.05) is 0 Å². The van der Waals surface area contributed by atoms with E-state index in [0.717, 1.165) is 12.5 Å². The van der Waals surface area contributed by atoms with Gasteiger partial charge < -0.3 is 5.11 Å². The van der Waals surface area contributed by atoms with Crippen molar-refractivity contribution in [1.29, 1.82) is 0 Å². The van der Waals surface area contributed by atoms with Gasteiger partial charge in [0, 0.05) is 28.7 Å². The van der Waals surface area contributed by atoms with Gasteiger partial charge in [-0.15, -0.1) is 0 Å². The van der Waals surface area contributed by atoms with Crippen molar-refractivity contribution in [3.8, 4) is 0 Å². The fraction of sp³-hybridized carbons (Fsp3) is 0.300. The molecule has 0 radical (unpaired) electrons. The molecule has 1 N–H and O–H groups in total. The van der Waals surface area contributed by atoms with E-state index in [4.69, 9.17) is 8.37 Å². The number of aliphatic hydroxyl groups is 1. The van der Waals surface area contributed by atoms with Crippen molar-refractivity contribution in [2.45, 2.75) is 25.2 Å². The van der Waals surface area contributed by atoms with Gasteiger partial charge in [-0.25, -0.2) is 0 Å². The average molecular weight is 466 g/mol. The number of hydrogen-bond acceptors (Lipinski definition) is 9. The van der Waals surface area contributed by atoms with Crippen LogP contribution < -0.4 is 0 Å². The number of benzene rings is 2. The molecule has 11 heteroatoms. The predicted octanol–water partition coefficient (Wildman–Crippen LogP) is 0.872. The second kappa shape index (κ2) is 7.31. The lowest BCUT2D eigenvalue weighted by atomic mass is 9.79. The van der Waals surface area contributed by atoms with E-state index in [1.54, 1.807) is 12.1 Å². The zero-order chi connectivity index (χ0) is 22.7. The molecule has 0 saturated carbocycles. The summed E-state index contributed by atoms with van der Waals surface area (Å²) in [6.45, 7) is -0.589. The minimum absolute atomic E-state index is 0.0394. The van der Waals surface area contributed by atoms with Gasteiger partial charge in [0.1, 0.15) is 12.2 Å². The van der Waals surface area contributed by atoms with Crippen molar-refractivity contribution >= 4 is 31.8 Å². The van der Waals surface area contributed by atoms with Crippen molar-refractivity contribution in [2.24, 2.45) is 0 Å². The second-order valence-corrected chi connectivity index (χ2v) is 10.7. The maximum Gasteiger partial charge on any atom is 0.265 e. The highest BCUT2D eigenvalue weighted by molar-refractivity contribution is 7.86. The van der Waals surface area contributed by atoms with Gasteiger partial charge in [-0.05, 0) is 22.8 Å². The summed E-state index contributed by atoms with van der Waals surface area (Å²) in [6.07, 6.45) is -1.30. The number of rotatable bonds is 5. The van der Waals surface area contributed by atoms with E-state index in [2.05, 4.69) is 0 Å². The second-order valence-electron chi connectivity index (χ2n) is 7.48. The Kier molecular flexibility index (Phi) is 5.14. The highest BCUT2D eigenvalue weighted by Crippen LogP contribution is 2.45. The number of carbonyl (C=O) groups excluding carboxylic acids is 2. The number of aliphatic hydroxyl groups excluding tert-OH is 1. The molecule has 2 unspecified atom stereocenters. The summed E-state index contributed by atoms with van der Waals surface area (Å²) < 4.78 is 57.5. The molecule has 0 aromatic heterocycles. The maximum absolute atomic E-state index is 13.3. The van der Waals surface area contributed by atoms with Crippen LogP contribution in [0.1, 0.15) is 54.6 Å². The third-order valence-electron chi connectivity index (χ3n) is 5.22. The Bertz CT molecular complexity index is 1340. The van der Waals surface area contributed by atoms with Crippen LogP contribution in [0, 0.1) is 0 Å². The number of hydrogen-bond donors (Lipinski definition) is 1. The quantitative estimate of drug-likeness (QED) is 0.542. The Morgan fingerprint density at radius 1 is 0.935 bits per heavy atom. The van der Waals surface area contributed by atoms with E-state index in [9.17, 15) is 31.5 Å². The maximum atomic E-state index is 13.3. The lowest BCUT2D eigenvalue weighted by molar-refractivity contribution is 0.0768. The van der Waals surface area contributed by atoms with Gasteiger partial charge in [0.2, 0.25) is 0 Å². The lowest BCUT2D eigenvalue weighted by Crippen LogP contribution is -2.26. The summed E-state index contributed by atoms with van der Waals surface area (Å²) in [5.41, 5.74) is 1.03. The molecule has 0 amide bonds. The van der Waals surface area contributed by atoms with Gasteiger partial charge in [-0.3, -0.25) is 18.0 Å². The molecule has 0 saturated heterocycles. The summed E-state index contributed by atoms with van der Waals surface area (Å²) in [5, 5.41) is 9.93. The summed E-state index contributed by atoms with van der Waals surface area (Å²) in [7, 11) is -8.08. The summed E-state index contributed by atoms with van der Waals surface area (Å²) in [6, 6.07) is 7.60. The van der Waals surface area contributed by atoms with Crippen molar-refractivity contribution < 1.29 is 39.9 Å². The van der Waals surface area contributed by atoms with Crippen LogP contribution in [0.25, 0.3) is 0 Å². The fourth-order valence-corrected chi connectivity index (χ4v) is 5.43. The molecular weight excluding hydrogens is 448 g/mol. The molecule has 4 rings (SSSR count). The largest absolute Gasteiger partial charge is 0.392 e. The van der Waals surface area contributed by atoms with Crippen molar-refractivity contribution in [2.75, 3.05) is 12.5 Å². The molecule has 0 spiro atoms. The molecule has 31 heavy (non-hydrogen) atoms. The number of ketones is 2. The fourth-order valence-electron chi connectivity index (χ4n) is 4.21. The third-order valence-corrected chi connectivity index (χ3v) is 6.38. The smallest absolute Gasteiger partial charge is 0.265 e. The van der Waals surface area contributed by atoms with Gasteiger partial charge in [0.05, 0.1) is 19.1 Å². The SMILES string of the molecule is CS(=O)(=O)OC1Cc2c3c(cc(CO)c2C1OS(C)(=O)=O)C(=O)c1ccccc1C3=O. The third kappa shape index (κ3) is 3.83. The minimum Gasteiger partial charge on any atom is -0.392 e. The molecule has 0 aliphatic heterocycles. The lowest BCUT2D eigenvalue weighted by Gasteiger charge is -2.23. The van der Waals surface area contributed by atoms with Crippen molar-refractivity contribution in [3.05, 3.63) is 69.3 Å². The first kappa shape index (κ1) is 21.8. The van der Waals surface area contributed by atoms with Crippen LogP contribution in [0.15, 0.2) is 30.3 Å². The summed E-state index contributed by atoms with van der Waals surface area (Å²) in [5.74, 6) is -0.875. The van der Waals surface area contributed by atoms with Crippen molar-refractivity contribution in [1.82, 2.24) is 0 Å². The normalized spacial score (nSPS) is 20.4. The van der Waals surface area contributed by atoms with Crippen LogP contribution in [0.4, 0.5) is 0 Å². The van der Waals surface area contributed by atoms with Gasteiger partial charge in [-0.2, -0.15) is 16.8 Å². The van der Waals surface area contributed by atoms with Gasteiger partial charge in [0.15, 0.2) is 11.6 Å². The van der Waals surface area contributed by atoms with Crippen molar-refractivity contribution in [3.63, 3.8) is 0 Å². The topological polar surface area (TPSA) is 141 Å². The first-order chi connectivity index (χ1) is 14.4. The van der Waals surface area contributed by atoms with E-state index in [-0.39, 0.29) is 45.4 Å². The summed E-state index contributed by atoms with van der Waals surface area (Å²) in [4.78, 5) is 26.3. The van der Waals surface area contributed by atoms with Crippen LogP contribution in [0.5, 0.6) is 0 Å². The monoisotopic (exact) mass is 466 g/mol. The van der Waals surface area contributed by atoms with Crippen LogP contribution >= 0.6 is 0 Å². The van der Waals surface area contributed by atoms with E-state index in [0.29, 0.717) is 0 Å². The minimum atomic E-state index is -4.07. The standard InChI is InChI=1S/C20H18O9S2/c1-30(24,25)28-15-8-13-16(20(15)29-31(2,26)27)10(9-21)7-14-17(13)19(23)12-6-4-3-5-11(12)18(14)22/h3-7,15,20-21H,8-9H2,1-2H3. The Morgan fingerprint density at radius 2 is 1.52 bits per heavy atom. The van der Waals surface area contributed by atoms with Crippen LogP contribution in [-0.4, -0.2) is 52.1 Å². The number of carbonyl (C=O) groups is 2. The molecule has 2 aliphatic carbocycles. The van der Waals surface area contributed by atoms with Crippen LogP contribution in [0.2, 0.25) is 0 Å². The zero-order valence-electron chi connectivity index (χ0n) is 16.5. The molecule has 0 heterocycles. The van der Waals surface area contributed by atoms with Crippen LogP contribution in [0.3, 0.4) is 0 Å². The van der Waals surface area contributed by atoms with Crippen LogP contribution in [-0.2, 0) is 41.6 Å². The summed E-state index contributed by atoms with van der Waals surface area (Å²) >= 11 is 0. The molecule has 0 bridgehead atoms. The highest BCUT2D eigenvalue weighted by atomic mass is 32.2. The molecule has 2 aliphatic rings. The molecule has 164 valence electrons. The first-order valence-electron chi connectivity index (χ1n) is 9.15. The van der Waals surface area contributed by atoms with Gasteiger partial charge in [-0.1, -0.05) is 24.3 Å².